The molecule has 2 aromatic carbocycles. The molecular formula is C15H20N2. The van der Waals surface area contributed by atoms with Gasteiger partial charge in [-0.2, -0.15) is 0 Å². The van der Waals surface area contributed by atoms with Crippen LogP contribution in [0.1, 0.15) is 5.56 Å². The lowest BCUT2D eigenvalue weighted by atomic mass is 10.1. The number of likely N-dealkylation sites (N-methyl/N-ethyl adjacent to an activating group) is 1. The summed E-state index contributed by atoms with van der Waals surface area (Å²) in [6, 6.07) is 15.3. The van der Waals surface area contributed by atoms with E-state index in [1.165, 1.54) is 16.3 Å². The van der Waals surface area contributed by atoms with Crippen LogP contribution in [0.25, 0.3) is 10.8 Å². The van der Waals surface area contributed by atoms with E-state index in [1.54, 1.807) is 0 Å². The first-order valence-corrected chi connectivity index (χ1v) is 6.10. The average Bonchev–Trinajstić information content (AvgIpc) is 2.36. The summed E-state index contributed by atoms with van der Waals surface area (Å²) in [6.07, 6.45) is 1.10. The summed E-state index contributed by atoms with van der Waals surface area (Å²) in [5.41, 5.74) is 1.41. The number of nitrogens with one attached hydrogen (secondary N) is 1. The van der Waals surface area contributed by atoms with E-state index in [0.717, 1.165) is 19.6 Å². The monoisotopic (exact) mass is 228 g/mol. The number of benzene rings is 2. The van der Waals surface area contributed by atoms with Crippen LogP contribution in [0.2, 0.25) is 0 Å². The second-order valence-corrected chi connectivity index (χ2v) is 4.52. The Labute approximate surface area is 103 Å². The second kappa shape index (κ2) is 5.80. The van der Waals surface area contributed by atoms with E-state index in [4.69, 9.17) is 0 Å². The molecule has 90 valence electrons. The van der Waals surface area contributed by atoms with Crippen LogP contribution in [-0.4, -0.2) is 32.2 Å². The van der Waals surface area contributed by atoms with Gasteiger partial charge in [0.2, 0.25) is 0 Å². The van der Waals surface area contributed by atoms with Crippen LogP contribution in [0.5, 0.6) is 0 Å². The first-order chi connectivity index (χ1) is 8.29. The molecule has 0 radical (unpaired) electrons. The lowest BCUT2D eigenvalue weighted by Gasteiger charge is -2.15. The highest BCUT2D eigenvalue weighted by Gasteiger charge is 1.99. The fourth-order valence-corrected chi connectivity index (χ4v) is 2.06. The average molecular weight is 228 g/mol. The van der Waals surface area contributed by atoms with Crippen LogP contribution in [0.4, 0.5) is 0 Å². The van der Waals surface area contributed by atoms with E-state index < -0.39 is 0 Å². The predicted molar refractivity (Wildman–Crippen MR) is 74.2 cm³/mol. The van der Waals surface area contributed by atoms with Crippen LogP contribution >= 0.6 is 0 Å². The lowest BCUT2D eigenvalue weighted by Crippen LogP contribution is -2.30. The predicted octanol–water partition coefficient (Wildman–Crippen LogP) is 2.49. The molecule has 0 fully saturated rings. The van der Waals surface area contributed by atoms with Gasteiger partial charge in [0.05, 0.1) is 0 Å². The summed E-state index contributed by atoms with van der Waals surface area (Å²) in [4.78, 5) is 2.29. The summed E-state index contributed by atoms with van der Waals surface area (Å²) in [5.74, 6) is 0. The van der Waals surface area contributed by atoms with Crippen molar-refractivity contribution in [3.63, 3.8) is 0 Å². The Morgan fingerprint density at radius 1 is 1.06 bits per heavy atom. The smallest absolute Gasteiger partial charge is 0.0475 e. The first-order valence-electron chi connectivity index (χ1n) is 6.10. The van der Waals surface area contributed by atoms with Crippen LogP contribution < -0.4 is 5.32 Å². The minimum atomic E-state index is 0.938. The number of fused-ring (bicyclic) bond motifs is 1. The highest BCUT2D eigenvalue weighted by atomic mass is 15.2. The SMILES string of the molecule is CNCN(C)CCc1ccc2ccccc2c1. The zero-order valence-electron chi connectivity index (χ0n) is 10.6. The van der Waals surface area contributed by atoms with Crippen LogP contribution in [0.3, 0.4) is 0 Å². The molecule has 0 aliphatic carbocycles. The third kappa shape index (κ3) is 3.29. The second-order valence-electron chi connectivity index (χ2n) is 4.52. The molecule has 0 aromatic heterocycles. The van der Waals surface area contributed by atoms with Gasteiger partial charge in [-0.15, -0.1) is 0 Å². The molecule has 0 heterocycles. The van der Waals surface area contributed by atoms with E-state index in [0.29, 0.717) is 0 Å². The van der Waals surface area contributed by atoms with E-state index in [-0.39, 0.29) is 0 Å². The zero-order valence-corrected chi connectivity index (χ0v) is 10.6. The molecule has 0 bridgehead atoms. The number of hydrogen-bond donors (Lipinski definition) is 1. The quantitative estimate of drug-likeness (QED) is 0.791. The Morgan fingerprint density at radius 3 is 2.59 bits per heavy atom. The maximum Gasteiger partial charge on any atom is 0.0475 e. The molecule has 0 spiro atoms. The van der Waals surface area contributed by atoms with Crippen molar-refractivity contribution in [3.05, 3.63) is 48.0 Å². The van der Waals surface area contributed by atoms with Crippen molar-refractivity contribution in [3.8, 4) is 0 Å². The maximum atomic E-state index is 3.16. The fourth-order valence-electron chi connectivity index (χ4n) is 2.06. The fraction of sp³-hybridized carbons (Fsp3) is 0.333. The van der Waals surface area contributed by atoms with Gasteiger partial charge < -0.3 is 5.32 Å². The van der Waals surface area contributed by atoms with Gasteiger partial charge in [-0.05, 0) is 36.9 Å². The summed E-state index contributed by atoms with van der Waals surface area (Å²) in [5, 5.41) is 5.81. The van der Waals surface area contributed by atoms with Gasteiger partial charge in [-0.3, -0.25) is 4.90 Å². The first kappa shape index (κ1) is 12.1. The van der Waals surface area contributed by atoms with Crippen molar-refractivity contribution in [2.75, 3.05) is 27.3 Å². The Bertz CT molecular complexity index is 479. The van der Waals surface area contributed by atoms with Crippen molar-refractivity contribution >= 4 is 10.8 Å². The lowest BCUT2D eigenvalue weighted by molar-refractivity contribution is 0.321. The summed E-state index contributed by atoms with van der Waals surface area (Å²) in [7, 11) is 4.12. The normalized spacial score (nSPS) is 11.2. The highest BCUT2D eigenvalue weighted by Crippen LogP contribution is 2.15. The van der Waals surface area contributed by atoms with E-state index in [9.17, 15) is 0 Å². The minimum absolute atomic E-state index is 0.938. The number of rotatable bonds is 5. The molecule has 0 atom stereocenters. The largest absolute Gasteiger partial charge is 0.307 e. The Hall–Kier alpha value is -1.38. The summed E-state index contributed by atoms with van der Waals surface area (Å²) >= 11 is 0. The number of hydrogen-bond acceptors (Lipinski definition) is 2. The van der Waals surface area contributed by atoms with Gasteiger partial charge in [0.25, 0.3) is 0 Å². The molecule has 17 heavy (non-hydrogen) atoms. The maximum absolute atomic E-state index is 3.16. The minimum Gasteiger partial charge on any atom is -0.307 e. The van der Waals surface area contributed by atoms with Gasteiger partial charge in [0.15, 0.2) is 0 Å². The highest BCUT2D eigenvalue weighted by molar-refractivity contribution is 5.82. The topological polar surface area (TPSA) is 15.3 Å². The van der Waals surface area contributed by atoms with Crippen molar-refractivity contribution in [1.82, 2.24) is 10.2 Å². The Balaban J connectivity index is 2.04. The van der Waals surface area contributed by atoms with E-state index >= 15 is 0 Å². The van der Waals surface area contributed by atoms with Gasteiger partial charge >= 0.3 is 0 Å². The molecule has 0 unspecified atom stereocenters. The Kier molecular flexibility index (Phi) is 4.13. The van der Waals surface area contributed by atoms with Gasteiger partial charge in [0, 0.05) is 13.2 Å². The molecule has 2 nitrogen and oxygen atoms in total. The molecule has 1 N–H and O–H groups in total. The van der Waals surface area contributed by atoms with Crippen LogP contribution in [0, 0.1) is 0 Å². The molecule has 0 saturated carbocycles. The summed E-state index contributed by atoms with van der Waals surface area (Å²) < 4.78 is 0. The summed E-state index contributed by atoms with van der Waals surface area (Å²) in [6.45, 7) is 2.02. The third-order valence-electron chi connectivity index (χ3n) is 3.02. The molecule has 2 heteroatoms. The van der Waals surface area contributed by atoms with Crippen LogP contribution in [-0.2, 0) is 6.42 Å². The van der Waals surface area contributed by atoms with Crippen molar-refractivity contribution in [1.29, 1.82) is 0 Å². The molecule has 2 rings (SSSR count). The standard InChI is InChI=1S/C15H20N2/c1-16-12-17(2)10-9-13-7-8-14-5-3-4-6-15(14)11-13/h3-8,11,16H,9-10,12H2,1-2H3. The van der Waals surface area contributed by atoms with Crippen molar-refractivity contribution < 1.29 is 0 Å². The molecule has 0 saturated heterocycles. The molecular weight excluding hydrogens is 208 g/mol. The molecule has 0 aliphatic rings. The van der Waals surface area contributed by atoms with Gasteiger partial charge in [-0.25, -0.2) is 0 Å². The number of nitrogens with zero attached hydrogens (tertiary/aromatic N) is 1. The Morgan fingerprint density at radius 2 is 1.82 bits per heavy atom. The van der Waals surface area contributed by atoms with Crippen LogP contribution in [0.15, 0.2) is 42.5 Å². The van der Waals surface area contributed by atoms with Crippen molar-refractivity contribution in [2.24, 2.45) is 0 Å². The molecule has 2 aromatic rings. The van der Waals surface area contributed by atoms with Gasteiger partial charge in [0.1, 0.15) is 0 Å². The molecule has 0 amide bonds. The van der Waals surface area contributed by atoms with Gasteiger partial charge in [-0.1, -0.05) is 42.5 Å². The van der Waals surface area contributed by atoms with Crippen molar-refractivity contribution in [2.45, 2.75) is 6.42 Å². The van der Waals surface area contributed by atoms with E-state index in [1.807, 2.05) is 7.05 Å². The van der Waals surface area contributed by atoms with E-state index in [2.05, 4.69) is 59.7 Å². The molecule has 0 aliphatic heterocycles. The zero-order chi connectivity index (χ0) is 12.1. The third-order valence-corrected chi connectivity index (χ3v) is 3.02.